The molecule has 30 heavy (non-hydrogen) atoms. The maximum Gasteiger partial charge on any atom is 0.282 e. The van der Waals surface area contributed by atoms with Crippen molar-refractivity contribution < 1.29 is 9.47 Å². The van der Waals surface area contributed by atoms with E-state index in [4.69, 9.17) is 9.47 Å². The number of hydrogen-bond acceptors (Lipinski definition) is 5. The molecular formula is C23H26BrN3O3. The molecule has 0 N–H and O–H groups in total. The Balaban J connectivity index is 2.07. The Labute approximate surface area is 184 Å². The van der Waals surface area contributed by atoms with Crippen molar-refractivity contribution in [2.45, 2.75) is 46.6 Å². The first-order chi connectivity index (χ1) is 14.3. The van der Waals surface area contributed by atoms with E-state index < -0.39 is 0 Å². The summed E-state index contributed by atoms with van der Waals surface area (Å²) in [6, 6.07) is 11.1. The monoisotopic (exact) mass is 471 g/mol. The standard InChI is InChI=1S/C23H26BrN3O3/c1-6-29-21-11-16(7-10-20(21)30-15(4)5)13-25-27-22(14(2)3)26-19-9-8-17(24)12-18(19)23(27)28/h7-15H,6H2,1-5H3. The normalized spacial score (nSPS) is 11.7. The second kappa shape index (κ2) is 9.43. The Bertz CT molecular complexity index is 1140. The fourth-order valence-electron chi connectivity index (χ4n) is 3.00. The SMILES string of the molecule is CCOc1cc(C=Nn2c(C(C)C)nc3ccc(Br)cc3c2=O)ccc1OC(C)C. The number of halogens is 1. The third-order valence-corrected chi connectivity index (χ3v) is 4.80. The number of fused-ring (bicyclic) bond motifs is 1. The van der Waals surface area contributed by atoms with Crippen molar-refractivity contribution in [3.05, 3.63) is 62.6 Å². The van der Waals surface area contributed by atoms with Gasteiger partial charge in [-0.3, -0.25) is 4.79 Å². The Morgan fingerprint density at radius 3 is 2.57 bits per heavy atom. The second-order valence-corrected chi connectivity index (χ2v) is 8.37. The van der Waals surface area contributed by atoms with Crippen LogP contribution in [0.4, 0.5) is 0 Å². The number of rotatable bonds is 7. The summed E-state index contributed by atoms with van der Waals surface area (Å²) in [4.78, 5) is 17.8. The molecule has 2 aromatic carbocycles. The highest BCUT2D eigenvalue weighted by Crippen LogP contribution is 2.29. The van der Waals surface area contributed by atoms with Gasteiger partial charge >= 0.3 is 0 Å². The number of aromatic nitrogens is 2. The van der Waals surface area contributed by atoms with Gasteiger partial charge in [0.05, 0.1) is 29.8 Å². The third-order valence-electron chi connectivity index (χ3n) is 4.30. The van der Waals surface area contributed by atoms with Gasteiger partial charge in [-0.2, -0.15) is 9.78 Å². The van der Waals surface area contributed by atoms with Crippen LogP contribution in [0.3, 0.4) is 0 Å². The van der Waals surface area contributed by atoms with Gasteiger partial charge in [-0.1, -0.05) is 29.8 Å². The van der Waals surface area contributed by atoms with Crippen LogP contribution in [0.15, 0.2) is 50.8 Å². The van der Waals surface area contributed by atoms with Crippen LogP contribution in [-0.2, 0) is 0 Å². The molecule has 0 saturated carbocycles. The van der Waals surface area contributed by atoms with E-state index in [0.29, 0.717) is 34.8 Å². The zero-order valence-corrected chi connectivity index (χ0v) is 19.4. The predicted molar refractivity (Wildman–Crippen MR) is 124 cm³/mol. The molecule has 1 heterocycles. The summed E-state index contributed by atoms with van der Waals surface area (Å²) in [7, 11) is 0. The van der Waals surface area contributed by atoms with Gasteiger partial charge < -0.3 is 9.47 Å². The lowest BCUT2D eigenvalue weighted by atomic mass is 10.2. The second-order valence-electron chi connectivity index (χ2n) is 7.45. The van der Waals surface area contributed by atoms with Crippen LogP contribution >= 0.6 is 15.9 Å². The summed E-state index contributed by atoms with van der Waals surface area (Å²) in [5.74, 6) is 1.97. The van der Waals surface area contributed by atoms with Gasteiger partial charge in [-0.05, 0) is 62.7 Å². The number of ether oxygens (including phenoxy) is 2. The summed E-state index contributed by atoms with van der Waals surface area (Å²) >= 11 is 3.42. The molecule has 0 radical (unpaired) electrons. The molecule has 0 bridgehead atoms. The average Bonchev–Trinajstić information content (AvgIpc) is 2.69. The van der Waals surface area contributed by atoms with Crippen LogP contribution in [0.5, 0.6) is 11.5 Å². The largest absolute Gasteiger partial charge is 0.490 e. The average molecular weight is 472 g/mol. The van der Waals surface area contributed by atoms with E-state index in [1.165, 1.54) is 4.68 Å². The van der Waals surface area contributed by atoms with Crippen molar-refractivity contribution in [2.24, 2.45) is 5.10 Å². The predicted octanol–water partition coefficient (Wildman–Crippen LogP) is 5.35. The molecule has 0 fully saturated rings. The molecule has 0 spiro atoms. The summed E-state index contributed by atoms with van der Waals surface area (Å²) in [6.07, 6.45) is 1.68. The molecule has 158 valence electrons. The van der Waals surface area contributed by atoms with Crippen molar-refractivity contribution >= 4 is 33.0 Å². The van der Waals surface area contributed by atoms with Crippen molar-refractivity contribution in [1.82, 2.24) is 9.66 Å². The van der Waals surface area contributed by atoms with Crippen LogP contribution in [0.25, 0.3) is 10.9 Å². The van der Waals surface area contributed by atoms with Gasteiger partial charge in [-0.25, -0.2) is 4.98 Å². The molecule has 0 aliphatic rings. The minimum absolute atomic E-state index is 0.0312. The Kier molecular flexibility index (Phi) is 6.92. The molecule has 0 amide bonds. The molecule has 0 unspecified atom stereocenters. The van der Waals surface area contributed by atoms with E-state index in [-0.39, 0.29) is 17.6 Å². The quantitative estimate of drug-likeness (QED) is 0.435. The first kappa shape index (κ1) is 22.0. The molecule has 1 aromatic heterocycles. The molecule has 7 heteroatoms. The van der Waals surface area contributed by atoms with E-state index in [1.54, 1.807) is 12.3 Å². The smallest absolute Gasteiger partial charge is 0.282 e. The third kappa shape index (κ3) is 4.90. The summed E-state index contributed by atoms with van der Waals surface area (Å²) < 4.78 is 13.7. The van der Waals surface area contributed by atoms with Gasteiger partial charge in [0.15, 0.2) is 11.5 Å². The highest BCUT2D eigenvalue weighted by molar-refractivity contribution is 9.10. The maximum atomic E-state index is 13.1. The fraction of sp³-hybridized carbons (Fsp3) is 0.348. The highest BCUT2D eigenvalue weighted by Gasteiger charge is 2.14. The van der Waals surface area contributed by atoms with Gasteiger partial charge in [0, 0.05) is 10.4 Å². The molecule has 0 atom stereocenters. The Hall–Kier alpha value is -2.67. The molecule has 3 aromatic rings. The van der Waals surface area contributed by atoms with Crippen molar-refractivity contribution in [2.75, 3.05) is 6.61 Å². The van der Waals surface area contributed by atoms with E-state index >= 15 is 0 Å². The van der Waals surface area contributed by atoms with Crippen LogP contribution in [0.1, 0.15) is 51.9 Å². The Morgan fingerprint density at radius 1 is 1.13 bits per heavy atom. The van der Waals surface area contributed by atoms with Gasteiger partial charge in [0.2, 0.25) is 0 Å². The molecule has 3 rings (SSSR count). The van der Waals surface area contributed by atoms with Crippen molar-refractivity contribution in [3.63, 3.8) is 0 Å². The van der Waals surface area contributed by atoms with E-state index in [1.807, 2.05) is 65.0 Å². The van der Waals surface area contributed by atoms with E-state index in [2.05, 4.69) is 26.0 Å². The number of benzene rings is 2. The highest BCUT2D eigenvalue weighted by atomic mass is 79.9. The zero-order valence-electron chi connectivity index (χ0n) is 17.8. The van der Waals surface area contributed by atoms with E-state index in [9.17, 15) is 4.79 Å². The summed E-state index contributed by atoms with van der Waals surface area (Å²) in [5.41, 5.74) is 1.25. The van der Waals surface area contributed by atoms with Crippen molar-refractivity contribution in [1.29, 1.82) is 0 Å². The lowest BCUT2D eigenvalue weighted by Gasteiger charge is -2.15. The van der Waals surface area contributed by atoms with Gasteiger partial charge in [0.25, 0.3) is 5.56 Å². The Morgan fingerprint density at radius 2 is 1.90 bits per heavy atom. The van der Waals surface area contributed by atoms with Crippen LogP contribution in [0, 0.1) is 0 Å². The molecule has 0 saturated heterocycles. The number of nitrogens with zero attached hydrogens (tertiary/aromatic N) is 3. The molecule has 6 nitrogen and oxygen atoms in total. The van der Waals surface area contributed by atoms with Crippen molar-refractivity contribution in [3.8, 4) is 11.5 Å². The lowest BCUT2D eigenvalue weighted by Crippen LogP contribution is -2.23. The lowest BCUT2D eigenvalue weighted by molar-refractivity contribution is 0.224. The topological polar surface area (TPSA) is 65.7 Å². The van der Waals surface area contributed by atoms with Gasteiger partial charge in [-0.15, -0.1) is 0 Å². The molecule has 0 aliphatic carbocycles. The zero-order chi connectivity index (χ0) is 21.8. The fourth-order valence-corrected chi connectivity index (χ4v) is 3.36. The van der Waals surface area contributed by atoms with Crippen LogP contribution < -0.4 is 15.0 Å². The summed E-state index contributed by atoms with van der Waals surface area (Å²) in [6.45, 7) is 10.4. The van der Waals surface area contributed by atoms with Crippen LogP contribution in [-0.4, -0.2) is 28.6 Å². The first-order valence-electron chi connectivity index (χ1n) is 10.00. The minimum Gasteiger partial charge on any atom is -0.490 e. The summed E-state index contributed by atoms with van der Waals surface area (Å²) in [5, 5.41) is 4.99. The number of hydrogen-bond donors (Lipinski definition) is 0. The van der Waals surface area contributed by atoms with E-state index in [0.717, 1.165) is 10.0 Å². The maximum absolute atomic E-state index is 13.1. The van der Waals surface area contributed by atoms with Crippen LogP contribution in [0.2, 0.25) is 0 Å². The molecular weight excluding hydrogens is 446 g/mol. The molecule has 0 aliphatic heterocycles. The first-order valence-corrected chi connectivity index (χ1v) is 10.8. The van der Waals surface area contributed by atoms with Gasteiger partial charge in [0.1, 0.15) is 5.82 Å². The minimum atomic E-state index is -0.203.